The molecule has 4 atom stereocenters. The first-order valence-electron chi connectivity index (χ1n) is 8.04. The van der Waals surface area contributed by atoms with Gasteiger partial charge in [0.2, 0.25) is 11.8 Å². The second-order valence-corrected chi connectivity index (χ2v) is 7.38. The van der Waals surface area contributed by atoms with Gasteiger partial charge in [0.25, 0.3) is 0 Å². The highest BCUT2D eigenvalue weighted by molar-refractivity contribution is 5.98. The standard InChI is InChI=1S/C16H26N2O2/c1-10-4-7-13(8-11(10)2)18-9-14(19)17-16(3,15(18)20)12-5-6-12/h10-13H,4-9H2,1-3H3,(H,17,19). The second-order valence-electron chi connectivity index (χ2n) is 7.38. The van der Waals surface area contributed by atoms with Gasteiger partial charge in [0, 0.05) is 6.04 Å². The van der Waals surface area contributed by atoms with Gasteiger partial charge in [0.1, 0.15) is 5.54 Å². The molecule has 20 heavy (non-hydrogen) atoms. The first kappa shape index (κ1) is 13.9. The van der Waals surface area contributed by atoms with Gasteiger partial charge in [0.15, 0.2) is 0 Å². The quantitative estimate of drug-likeness (QED) is 0.839. The van der Waals surface area contributed by atoms with Crippen LogP contribution in [0.5, 0.6) is 0 Å². The fourth-order valence-electron chi connectivity index (χ4n) is 3.94. The highest BCUT2D eigenvalue weighted by Gasteiger charge is 2.53. The maximum Gasteiger partial charge on any atom is 0.249 e. The first-order chi connectivity index (χ1) is 9.41. The van der Waals surface area contributed by atoms with E-state index in [2.05, 4.69) is 19.2 Å². The number of carbonyl (C=O) groups is 2. The van der Waals surface area contributed by atoms with Crippen LogP contribution in [0.1, 0.15) is 52.9 Å². The van der Waals surface area contributed by atoms with Crippen LogP contribution in [-0.2, 0) is 9.59 Å². The molecule has 4 unspecified atom stereocenters. The summed E-state index contributed by atoms with van der Waals surface area (Å²) in [6.45, 7) is 6.74. The molecular formula is C16H26N2O2. The molecule has 0 bridgehead atoms. The number of nitrogens with zero attached hydrogens (tertiary/aromatic N) is 1. The maximum absolute atomic E-state index is 12.9. The van der Waals surface area contributed by atoms with Crippen LogP contribution in [0.2, 0.25) is 0 Å². The first-order valence-corrected chi connectivity index (χ1v) is 8.04. The molecule has 4 nitrogen and oxygen atoms in total. The van der Waals surface area contributed by atoms with Crippen molar-refractivity contribution in [1.29, 1.82) is 0 Å². The molecule has 0 aromatic rings. The fourth-order valence-corrected chi connectivity index (χ4v) is 3.94. The average molecular weight is 278 g/mol. The molecule has 112 valence electrons. The van der Waals surface area contributed by atoms with Crippen molar-refractivity contribution in [2.24, 2.45) is 17.8 Å². The normalized spacial score (nSPS) is 42.5. The van der Waals surface area contributed by atoms with E-state index in [1.165, 1.54) is 0 Å². The number of rotatable bonds is 2. The van der Waals surface area contributed by atoms with Gasteiger partial charge >= 0.3 is 0 Å². The Bertz CT molecular complexity index is 432. The molecule has 1 aliphatic heterocycles. The van der Waals surface area contributed by atoms with Gasteiger partial charge in [-0.3, -0.25) is 9.59 Å². The Morgan fingerprint density at radius 3 is 2.40 bits per heavy atom. The smallest absolute Gasteiger partial charge is 0.249 e. The summed E-state index contributed by atoms with van der Waals surface area (Å²) in [5.41, 5.74) is -0.637. The molecule has 1 N–H and O–H groups in total. The second kappa shape index (κ2) is 4.74. The zero-order valence-corrected chi connectivity index (χ0v) is 12.8. The molecule has 0 radical (unpaired) electrons. The van der Waals surface area contributed by atoms with Crippen molar-refractivity contribution in [3.63, 3.8) is 0 Å². The summed E-state index contributed by atoms with van der Waals surface area (Å²) in [7, 11) is 0. The summed E-state index contributed by atoms with van der Waals surface area (Å²) in [5.74, 6) is 1.90. The van der Waals surface area contributed by atoms with Gasteiger partial charge in [-0.15, -0.1) is 0 Å². The number of nitrogens with one attached hydrogen (secondary N) is 1. The lowest BCUT2D eigenvalue weighted by molar-refractivity contribution is -0.154. The molecule has 3 aliphatic rings. The van der Waals surface area contributed by atoms with Gasteiger partial charge in [-0.25, -0.2) is 0 Å². The molecule has 0 aromatic carbocycles. The predicted octanol–water partition coefficient (Wildman–Crippen LogP) is 1.94. The van der Waals surface area contributed by atoms with E-state index >= 15 is 0 Å². The Morgan fingerprint density at radius 1 is 1.10 bits per heavy atom. The van der Waals surface area contributed by atoms with Crippen molar-refractivity contribution in [2.75, 3.05) is 6.54 Å². The molecule has 1 saturated heterocycles. The van der Waals surface area contributed by atoms with Crippen molar-refractivity contribution >= 4 is 11.8 Å². The zero-order chi connectivity index (χ0) is 14.5. The van der Waals surface area contributed by atoms with E-state index in [1.54, 1.807) is 0 Å². The third kappa shape index (κ3) is 2.23. The van der Waals surface area contributed by atoms with E-state index < -0.39 is 5.54 Å². The Balaban J connectivity index is 1.78. The number of piperazine rings is 1. The maximum atomic E-state index is 12.9. The van der Waals surface area contributed by atoms with Crippen LogP contribution in [0.15, 0.2) is 0 Å². The predicted molar refractivity (Wildman–Crippen MR) is 77.0 cm³/mol. The number of hydrogen-bond donors (Lipinski definition) is 1. The summed E-state index contributed by atoms with van der Waals surface area (Å²) < 4.78 is 0. The van der Waals surface area contributed by atoms with Gasteiger partial charge < -0.3 is 10.2 Å². The van der Waals surface area contributed by atoms with Crippen molar-refractivity contribution in [2.45, 2.75) is 64.5 Å². The minimum atomic E-state index is -0.637. The van der Waals surface area contributed by atoms with Crippen LogP contribution in [0.25, 0.3) is 0 Å². The molecule has 0 aromatic heterocycles. The number of hydrogen-bond acceptors (Lipinski definition) is 2. The third-order valence-corrected chi connectivity index (χ3v) is 5.82. The van der Waals surface area contributed by atoms with E-state index in [0.29, 0.717) is 11.8 Å². The average Bonchev–Trinajstić information content (AvgIpc) is 3.22. The van der Waals surface area contributed by atoms with E-state index in [1.807, 2.05) is 11.8 Å². The number of carbonyl (C=O) groups excluding carboxylic acids is 2. The lowest BCUT2D eigenvalue weighted by Crippen LogP contribution is -2.68. The molecule has 2 aliphatic carbocycles. The van der Waals surface area contributed by atoms with Crippen molar-refractivity contribution in [3.8, 4) is 0 Å². The van der Waals surface area contributed by atoms with E-state index in [4.69, 9.17) is 0 Å². The summed E-state index contributed by atoms with van der Waals surface area (Å²) in [6, 6.07) is 0.262. The van der Waals surface area contributed by atoms with Crippen LogP contribution in [0, 0.1) is 17.8 Å². The van der Waals surface area contributed by atoms with Crippen molar-refractivity contribution < 1.29 is 9.59 Å². The molecule has 1 heterocycles. The summed E-state index contributed by atoms with van der Waals surface area (Å²) >= 11 is 0. The summed E-state index contributed by atoms with van der Waals surface area (Å²) in [6.07, 6.45) is 5.38. The van der Waals surface area contributed by atoms with Crippen molar-refractivity contribution in [1.82, 2.24) is 10.2 Å². The molecule has 2 saturated carbocycles. The van der Waals surface area contributed by atoms with Gasteiger partial charge in [0.05, 0.1) is 6.54 Å². The molecule has 3 fully saturated rings. The largest absolute Gasteiger partial charge is 0.340 e. The van der Waals surface area contributed by atoms with Gasteiger partial charge in [-0.05, 0) is 56.8 Å². The Hall–Kier alpha value is -1.06. The van der Waals surface area contributed by atoms with Crippen molar-refractivity contribution in [3.05, 3.63) is 0 Å². The van der Waals surface area contributed by atoms with E-state index in [-0.39, 0.29) is 24.4 Å². The third-order valence-electron chi connectivity index (χ3n) is 5.82. The van der Waals surface area contributed by atoms with E-state index in [0.717, 1.165) is 38.0 Å². The SMILES string of the molecule is CC1CCC(N2CC(=O)NC(C)(C3CC3)C2=O)CC1C. The minimum Gasteiger partial charge on any atom is -0.340 e. The highest BCUT2D eigenvalue weighted by Crippen LogP contribution is 2.43. The Morgan fingerprint density at radius 2 is 1.80 bits per heavy atom. The number of amides is 2. The lowest BCUT2D eigenvalue weighted by atomic mass is 9.77. The van der Waals surface area contributed by atoms with Crippen LogP contribution < -0.4 is 5.32 Å². The molecule has 3 rings (SSSR count). The lowest BCUT2D eigenvalue weighted by Gasteiger charge is -2.46. The van der Waals surface area contributed by atoms with Gasteiger partial charge in [-0.1, -0.05) is 13.8 Å². The summed E-state index contributed by atoms with van der Waals surface area (Å²) in [4.78, 5) is 26.8. The Kier molecular flexibility index (Phi) is 3.30. The van der Waals surface area contributed by atoms with Crippen LogP contribution in [0.4, 0.5) is 0 Å². The molecule has 2 amide bonds. The molecule has 4 heteroatoms. The highest BCUT2D eigenvalue weighted by atomic mass is 16.2. The fraction of sp³-hybridized carbons (Fsp3) is 0.875. The van der Waals surface area contributed by atoms with Crippen LogP contribution in [0.3, 0.4) is 0 Å². The zero-order valence-electron chi connectivity index (χ0n) is 12.8. The summed E-state index contributed by atoms with van der Waals surface area (Å²) in [5, 5.41) is 2.96. The topological polar surface area (TPSA) is 49.4 Å². The molecule has 0 spiro atoms. The van der Waals surface area contributed by atoms with E-state index in [9.17, 15) is 9.59 Å². The molecular weight excluding hydrogens is 252 g/mol. The van der Waals surface area contributed by atoms with Gasteiger partial charge in [-0.2, -0.15) is 0 Å². The Labute approximate surface area is 121 Å². The minimum absolute atomic E-state index is 0.0188. The van der Waals surface area contributed by atoms with Crippen LogP contribution >= 0.6 is 0 Å². The van der Waals surface area contributed by atoms with Crippen LogP contribution in [-0.4, -0.2) is 34.8 Å². The monoisotopic (exact) mass is 278 g/mol.